The molecule has 0 radical (unpaired) electrons. The molecular weight excluding hydrogens is 272 g/mol. The molecule has 1 amide bonds. The number of amides is 1. The number of halogens is 1. The average Bonchev–Trinajstić information content (AvgIpc) is 2.81. The van der Waals surface area contributed by atoms with E-state index in [-0.39, 0.29) is 17.8 Å². The Hall–Kier alpha value is -0.280. The highest BCUT2D eigenvalue weighted by Crippen LogP contribution is 2.43. The quantitative estimate of drug-likeness (QED) is 0.838. The number of nitrogens with one attached hydrogen (secondary N) is 2. The first-order valence-electron chi connectivity index (χ1n) is 8.05. The molecule has 1 aliphatic carbocycles. The van der Waals surface area contributed by atoms with Crippen molar-refractivity contribution in [3.05, 3.63) is 0 Å². The van der Waals surface area contributed by atoms with E-state index < -0.39 is 0 Å². The number of piperidine rings is 1. The molecule has 2 aliphatic rings. The smallest absolute Gasteiger partial charge is 0.226 e. The molecule has 20 heavy (non-hydrogen) atoms. The maximum Gasteiger partial charge on any atom is 0.226 e. The molecule has 118 valence electrons. The summed E-state index contributed by atoms with van der Waals surface area (Å²) in [5.74, 6) is 1.50. The highest BCUT2D eigenvalue weighted by Gasteiger charge is 2.42. The van der Waals surface area contributed by atoms with Crippen LogP contribution in [0.5, 0.6) is 0 Å². The lowest BCUT2D eigenvalue weighted by molar-refractivity contribution is -0.133. The fourth-order valence-electron chi connectivity index (χ4n) is 3.91. The Morgan fingerprint density at radius 3 is 2.55 bits per heavy atom. The lowest BCUT2D eigenvalue weighted by Gasteiger charge is -2.35. The summed E-state index contributed by atoms with van der Waals surface area (Å²) >= 11 is 0. The van der Waals surface area contributed by atoms with Gasteiger partial charge in [-0.05, 0) is 50.6 Å². The monoisotopic (exact) mass is 302 g/mol. The maximum absolute atomic E-state index is 12.8. The Labute approximate surface area is 130 Å². The van der Waals surface area contributed by atoms with Gasteiger partial charge in [-0.3, -0.25) is 4.79 Å². The second kappa shape index (κ2) is 7.65. The predicted molar refractivity (Wildman–Crippen MR) is 86.2 cm³/mol. The van der Waals surface area contributed by atoms with Crippen LogP contribution in [-0.2, 0) is 4.79 Å². The van der Waals surface area contributed by atoms with Crippen molar-refractivity contribution < 1.29 is 4.79 Å². The van der Waals surface area contributed by atoms with Crippen LogP contribution in [0.2, 0.25) is 0 Å². The molecule has 1 saturated heterocycles. The molecule has 2 N–H and O–H groups in total. The van der Waals surface area contributed by atoms with Crippen molar-refractivity contribution in [2.45, 2.75) is 65.3 Å². The number of carbonyl (C=O) groups excluding carboxylic acids is 1. The van der Waals surface area contributed by atoms with E-state index in [1.807, 2.05) is 0 Å². The fourth-order valence-corrected chi connectivity index (χ4v) is 3.91. The molecule has 1 aliphatic heterocycles. The summed E-state index contributed by atoms with van der Waals surface area (Å²) in [4.78, 5) is 12.8. The van der Waals surface area contributed by atoms with Gasteiger partial charge in [-0.2, -0.15) is 0 Å². The largest absolute Gasteiger partial charge is 0.353 e. The minimum absolute atomic E-state index is 0. The van der Waals surface area contributed by atoms with Gasteiger partial charge in [0.05, 0.1) is 0 Å². The van der Waals surface area contributed by atoms with Crippen LogP contribution in [0.4, 0.5) is 0 Å². The zero-order chi connectivity index (χ0) is 13.9. The SMILES string of the molecule is CC(C)CC1(C(=O)NC2CCNCC2C)CCCC1.Cl. The van der Waals surface area contributed by atoms with Crippen molar-refractivity contribution in [1.29, 1.82) is 0 Å². The van der Waals surface area contributed by atoms with Crippen molar-refractivity contribution in [1.82, 2.24) is 10.6 Å². The standard InChI is InChI=1S/C16H30N2O.ClH/c1-12(2)10-16(7-4-5-8-16)15(19)18-14-6-9-17-11-13(14)3;/h12-14,17H,4-11H2,1-3H3,(H,18,19);1H. The molecule has 2 unspecified atom stereocenters. The molecule has 1 heterocycles. The summed E-state index contributed by atoms with van der Waals surface area (Å²) in [7, 11) is 0. The lowest BCUT2D eigenvalue weighted by atomic mass is 9.77. The Balaban J connectivity index is 0.00000200. The van der Waals surface area contributed by atoms with E-state index in [1.165, 1.54) is 12.8 Å². The van der Waals surface area contributed by atoms with Crippen LogP contribution in [0.25, 0.3) is 0 Å². The summed E-state index contributed by atoms with van der Waals surface area (Å²) in [6.07, 6.45) is 6.76. The van der Waals surface area contributed by atoms with Gasteiger partial charge in [-0.1, -0.05) is 33.6 Å². The van der Waals surface area contributed by atoms with Crippen LogP contribution in [0, 0.1) is 17.3 Å². The van der Waals surface area contributed by atoms with Gasteiger partial charge in [0.2, 0.25) is 5.91 Å². The van der Waals surface area contributed by atoms with E-state index in [2.05, 4.69) is 31.4 Å². The average molecular weight is 303 g/mol. The molecule has 0 spiro atoms. The Bertz CT molecular complexity index is 314. The summed E-state index contributed by atoms with van der Waals surface area (Å²) in [6, 6.07) is 0.374. The van der Waals surface area contributed by atoms with Gasteiger partial charge in [0.25, 0.3) is 0 Å². The predicted octanol–water partition coefficient (Wildman–Crippen LogP) is 3.13. The van der Waals surface area contributed by atoms with Gasteiger partial charge < -0.3 is 10.6 Å². The molecule has 2 rings (SSSR count). The first-order valence-corrected chi connectivity index (χ1v) is 8.05. The summed E-state index contributed by atoms with van der Waals surface area (Å²) in [5, 5.41) is 6.78. The molecule has 0 aromatic heterocycles. The molecule has 0 aromatic carbocycles. The molecule has 2 fully saturated rings. The van der Waals surface area contributed by atoms with Gasteiger partial charge >= 0.3 is 0 Å². The third-order valence-electron chi connectivity index (χ3n) is 4.94. The first kappa shape index (κ1) is 17.8. The topological polar surface area (TPSA) is 41.1 Å². The van der Waals surface area contributed by atoms with Gasteiger partial charge in [-0.15, -0.1) is 12.4 Å². The Kier molecular flexibility index (Phi) is 6.80. The van der Waals surface area contributed by atoms with Crippen LogP contribution in [0.1, 0.15) is 59.3 Å². The summed E-state index contributed by atoms with van der Waals surface area (Å²) < 4.78 is 0. The molecule has 1 saturated carbocycles. The Morgan fingerprint density at radius 2 is 2.00 bits per heavy atom. The van der Waals surface area contributed by atoms with E-state index in [0.29, 0.717) is 23.8 Å². The number of hydrogen-bond acceptors (Lipinski definition) is 2. The van der Waals surface area contributed by atoms with E-state index in [9.17, 15) is 4.79 Å². The molecule has 0 bridgehead atoms. The van der Waals surface area contributed by atoms with Gasteiger partial charge in [-0.25, -0.2) is 0 Å². The van der Waals surface area contributed by atoms with Crippen molar-refractivity contribution >= 4 is 18.3 Å². The minimum Gasteiger partial charge on any atom is -0.353 e. The highest BCUT2D eigenvalue weighted by molar-refractivity contribution is 5.85. The second-order valence-electron chi connectivity index (χ2n) is 7.14. The van der Waals surface area contributed by atoms with Crippen LogP contribution in [-0.4, -0.2) is 25.0 Å². The minimum atomic E-state index is -0.0568. The fraction of sp³-hybridized carbons (Fsp3) is 0.938. The van der Waals surface area contributed by atoms with Gasteiger partial charge in [0.1, 0.15) is 0 Å². The number of rotatable bonds is 4. The molecule has 3 nitrogen and oxygen atoms in total. The van der Waals surface area contributed by atoms with Crippen LogP contribution in [0.15, 0.2) is 0 Å². The van der Waals surface area contributed by atoms with Gasteiger partial charge in [0, 0.05) is 11.5 Å². The van der Waals surface area contributed by atoms with Crippen molar-refractivity contribution in [2.75, 3.05) is 13.1 Å². The molecule has 4 heteroatoms. The Morgan fingerprint density at radius 1 is 1.35 bits per heavy atom. The van der Waals surface area contributed by atoms with Crippen LogP contribution < -0.4 is 10.6 Å². The van der Waals surface area contributed by atoms with Gasteiger partial charge in [0.15, 0.2) is 0 Å². The van der Waals surface area contributed by atoms with Crippen LogP contribution >= 0.6 is 12.4 Å². The van der Waals surface area contributed by atoms with E-state index in [0.717, 1.165) is 38.8 Å². The third-order valence-corrected chi connectivity index (χ3v) is 4.94. The zero-order valence-electron chi connectivity index (χ0n) is 13.2. The molecular formula is C16H31ClN2O. The van der Waals surface area contributed by atoms with Crippen molar-refractivity contribution in [2.24, 2.45) is 17.3 Å². The molecule has 0 aromatic rings. The third kappa shape index (κ3) is 4.11. The second-order valence-corrected chi connectivity index (χ2v) is 7.14. The van der Waals surface area contributed by atoms with E-state index >= 15 is 0 Å². The highest BCUT2D eigenvalue weighted by atomic mass is 35.5. The number of hydrogen-bond donors (Lipinski definition) is 2. The normalized spacial score (nSPS) is 29.0. The first-order chi connectivity index (χ1) is 9.03. The number of carbonyl (C=O) groups is 1. The van der Waals surface area contributed by atoms with Crippen molar-refractivity contribution in [3.8, 4) is 0 Å². The summed E-state index contributed by atoms with van der Waals surface area (Å²) in [6.45, 7) is 8.77. The zero-order valence-corrected chi connectivity index (χ0v) is 14.0. The van der Waals surface area contributed by atoms with E-state index in [4.69, 9.17) is 0 Å². The molecule has 2 atom stereocenters. The maximum atomic E-state index is 12.8. The van der Waals surface area contributed by atoms with Crippen molar-refractivity contribution in [3.63, 3.8) is 0 Å². The lowest BCUT2D eigenvalue weighted by Crippen LogP contribution is -2.52. The van der Waals surface area contributed by atoms with E-state index in [1.54, 1.807) is 0 Å². The summed E-state index contributed by atoms with van der Waals surface area (Å²) in [5.41, 5.74) is -0.0568. The van der Waals surface area contributed by atoms with Crippen LogP contribution in [0.3, 0.4) is 0 Å².